The van der Waals surface area contributed by atoms with Gasteiger partial charge in [0.05, 0.1) is 5.75 Å². The molecule has 0 aliphatic rings. The van der Waals surface area contributed by atoms with Crippen molar-refractivity contribution in [1.29, 1.82) is 0 Å². The number of pyridine rings is 1. The van der Waals surface area contributed by atoms with Gasteiger partial charge in [0.1, 0.15) is 5.65 Å². The van der Waals surface area contributed by atoms with Crippen LogP contribution in [0.1, 0.15) is 6.92 Å². The minimum atomic E-state index is -3.65. The Kier molecular flexibility index (Phi) is 2.95. The van der Waals surface area contributed by atoms with E-state index in [4.69, 9.17) is 5.11 Å². The third-order valence-corrected chi connectivity index (χ3v) is 4.04. The lowest BCUT2D eigenvalue weighted by Crippen LogP contribution is -2.11. The van der Waals surface area contributed by atoms with Crippen molar-refractivity contribution in [1.82, 2.24) is 9.38 Å². The quantitative estimate of drug-likeness (QED) is 0.841. The lowest BCUT2D eigenvalue weighted by molar-refractivity contribution is 0.141. The van der Waals surface area contributed by atoms with Gasteiger partial charge in [0, 0.05) is 6.20 Å². The monoisotopic (exact) mass is 270 g/mol. The molecule has 0 unspecified atom stereocenters. The molecule has 2 heterocycles. The molecule has 8 heteroatoms. The minimum Gasteiger partial charge on any atom is -0.449 e. The first kappa shape index (κ1) is 12.4. The molecule has 0 saturated carbocycles. The maximum atomic E-state index is 11.9. The Labute approximate surface area is 103 Å². The van der Waals surface area contributed by atoms with Gasteiger partial charge in [0.2, 0.25) is 5.03 Å². The van der Waals surface area contributed by atoms with E-state index in [2.05, 4.69) is 9.72 Å². The van der Waals surface area contributed by atoms with E-state index in [1.54, 1.807) is 18.2 Å². The smallest absolute Gasteiger partial charge is 0.449 e. The Balaban J connectivity index is 2.77. The SMILES string of the molecule is CCS(=O)(=O)c1c(OC(=O)O)nc2ccccn12. The molecular weight excluding hydrogens is 260 g/mol. The van der Waals surface area contributed by atoms with Crippen molar-refractivity contribution in [3.63, 3.8) is 0 Å². The zero-order valence-electron chi connectivity index (χ0n) is 9.40. The van der Waals surface area contributed by atoms with E-state index in [-0.39, 0.29) is 10.8 Å². The van der Waals surface area contributed by atoms with Crippen LogP contribution < -0.4 is 4.74 Å². The average Bonchev–Trinajstić information content (AvgIpc) is 2.66. The molecule has 18 heavy (non-hydrogen) atoms. The van der Waals surface area contributed by atoms with Gasteiger partial charge in [-0.05, 0) is 12.1 Å². The lowest BCUT2D eigenvalue weighted by atomic mass is 10.5. The predicted octanol–water partition coefficient (Wildman–Crippen LogP) is 1.18. The van der Waals surface area contributed by atoms with Crippen LogP contribution in [0.3, 0.4) is 0 Å². The fourth-order valence-corrected chi connectivity index (χ4v) is 2.60. The van der Waals surface area contributed by atoms with E-state index in [9.17, 15) is 13.2 Å². The zero-order chi connectivity index (χ0) is 13.3. The number of hydrogen-bond donors (Lipinski definition) is 1. The van der Waals surface area contributed by atoms with Crippen molar-refractivity contribution in [2.45, 2.75) is 11.9 Å². The second-order valence-electron chi connectivity index (χ2n) is 3.42. The van der Waals surface area contributed by atoms with Crippen LogP contribution in [0.5, 0.6) is 5.88 Å². The summed E-state index contributed by atoms with van der Waals surface area (Å²) < 4.78 is 29.6. The summed E-state index contributed by atoms with van der Waals surface area (Å²) in [6.07, 6.45) is -0.120. The fraction of sp³-hybridized carbons (Fsp3) is 0.200. The molecule has 0 saturated heterocycles. The molecule has 2 aromatic heterocycles. The molecular formula is C10H10N2O5S. The molecule has 0 radical (unpaired) electrons. The Hall–Kier alpha value is -2.09. The zero-order valence-corrected chi connectivity index (χ0v) is 10.2. The standard InChI is InChI=1S/C10H10N2O5S/c1-2-18(15,16)9-8(17-10(13)14)11-7-5-3-4-6-12(7)9/h3-6H,2H2,1H3,(H,13,14). The molecule has 1 N–H and O–H groups in total. The van der Waals surface area contributed by atoms with Crippen LogP contribution >= 0.6 is 0 Å². The number of nitrogens with zero attached hydrogens (tertiary/aromatic N) is 2. The van der Waals surface area contributed by atoms with E-state index in [0.717, 1.165) is 0 Å². The van der Waals surface area contributed by atoms with Gasteiger partial charge in [-0.15, -0.1) is 0 Å². The molecule has 0 bridgehead atoms. The summed E-state index contributed by atoms with van der Waals surface area (Å²) in [5.41, 5.74) is 0.306. The highest BCUT2D eigenvalue weighted by molar-refractivity contribution is 7.91. The molecule has 7 nitrogen and oxygen atoms in total. The Morgan fingerprint density at radius 1 is 1.50 bits per heavy atom. The maximum absolute atomic E-state index is 11.9. The molecule has 96 valence electrons. The summed E-state index contributed by atoms with van der Waals surface area (Å²) in [6.45, 7) is 1.46. The Morgan fingerprint density at radius 2 is 2.22 bits per heavy atom. The number of imidazole rings is 1. The predicted molar refractivity (Wildman–Crippen MR) is 61.6 cm³/mol. The van der Waals surface area contributed by atoms with E-state index in [1.165, 1.54) is 17.5 Å². The van der Waals surface area contributed by atoms with Gasteiger partial charge in [-0.1, -0.05) is 13.0 Å². The minimum absolute atomic E-state index is 0.175. The summed E-state index contributed by atoms with van der Waals surface area (Å²) in [6, 6.07) is 4.84. The van der Waals surface area contributed by atoms with Crippen LogP contribution in [0.4, 0.5) is 4.79 Å². The van der Waals surface area contributed by atoms with Crippen molar-refractivity contribution >= 4 is 21.6 Å². The third-order valence-electron chi connectivity index (χ3n) is 2.31. The van der Waals surface area contributed by atoms with Gasteiger partial charge in [0.25, 0.3) is 5.88 Å². The number of carboxylic acid groups (broad SMARTS) is 1. The molecule has 0 aliphatic heterocycles. The van der Waals surface area contributed by atoms with Gasteiger partial charge < -0.3 is 9.84 Å². The highest BCUT2D eigenvalue weighted by Crippen LogP contribution is 2.25. The van der Waals surface area contributed by atoms with Gasteiger partial charge in [-0.2, -0.15) is 4.98 Å². The van der Waals surface area contributed by atoms with Gasteiger partial charge in [0.15, 0.2) is 9.84 Å². The lowest BCUT2D eigenvalue weighted by Gasteiger charge is -2.02. The van der Waals surface area contributed by atoms with E-state index < -0.39 is 21.9 Å². The van der Waals surface area contributed by atoms with Crippen LogP contribution in [0.2, 0.25) is 0 Å². The first-order valence-corrected chi connectivity index (χ1v) is 6.71. The first-order chi connectivity index (χ1) is 8.45. The van der Waals surface area contributed by atoms with Crippen LogP contribution in [0.25, 0.3) is 5.65 Å². The van der Waals surface area contributed by atoms with Crippen molar-refractivity contribution < 1.29 is 23.1 Å². The number of ether oxygens (including phenoxy) is 1. The van der Waals surface area contributed by atoms with Crippen molar-refractivity contribution in [2.24, 2.45) is 0 Å². The van der Waals surface area contributed by atoms with Crippen LogP contribution in [-0.2, 0) is 9.84 Å². The van der Waals surface area contributed by atoms with E-state index in [1.807, 2.05) is 0 Å². The summed E-state index contributed by atoms with van der Waals surface area (Å²) in [4.78, 5) is 14.4. The topological polar surface area (TPSA) is 98.0 Å². The number of rotatable bonds is 3. The van der Waals surface area contributed by atoms with Crippen molar-refractivity contribution in [2.75, 3.05) is 5.75 Å². The van der Waals surface area contributed by atoms with Crippen molar-refractivity contribution in [3.8, 4) is 5.88 Å². The van der Waals surface area contributed by atoms with Gasteiger partial charge in [-0.25, -0.2) is 13.2 Å². The summed E-state index contributed by atoms with van der Waals surface area (Å²) >= 11 is 0. The molecule has 0 aliphatic carbocycles. The number of aromatic nitrogens is 2. The maximum Gasteiger partial charge on any atom is 0.512 e. The highest BCUT2D eigenvalue weighted by atomic mass is 32.2. The second kappa shape index (κ2) is 4.30. The highest BCUT2D eigenvalue weighted by Gasteiger charge is 2.26. The van der Waals surface area contributed by atoms with Crippen LogP contribution in [-0.4, -0.2) is 34.8 Å². The third kappa shape index (κ3) is 2.02. The Bertz CT molecular complexity index is 704. The molecule has 0 fully saturated rings. The number of fused-ring (bicyclic) bond motifs is 1. The molecule has 0 atom stereocenters. The summed E-state index contributed by atoms with van der Waals surface area (Å²) in [7, 11) is -3.65. The van der Waals surface area contributed by atoms with Gasteiger partial charge >= 0.3 is 6.16 Å². The largest absolute Gasteiger partial charge is 0.512 e. The van der Waals surface area contributed by atoms with Gasteiger partial charge in [-0.3, -0.25) is 4.40 Å². The molecule has 2 aromatic rings. The number of hydrogen-bond acceptors (Lipinski definition) is 5. The number of carbonyl (C=O) groups is 1. The van der Waals surface area contributed by atoms with Crippen LogP contribution in [0.15, 0.2) is 29.4 Å². The summed E-state index contributed by atoms with van der Waals surface area (Å²) in [5, 5.41) is 8.34. The van der Waals surface area contributed by atoms with Crippen molar-refractivity contribution in [3.05, 3.63) is 24.4 Å². The molecule has 0 spiro atoms. The average molecular weight is 270 g/mol. The Morgan fingerprint density at radius 3 is 2.83 bits per heavy atom. The molecule has 0 amide bonds. The first-order valence-electron chi connectivity index (χ1n) is 5.06. The molecule has 2 rings (SSSR count). The second-order valence-corrected chi connectivity index (χ2v) is 5.62. The summed E-state index contributed by atoms with van der Waals surface area (Å²) in [5.74, 6) is -0.596. The van der Waals surface area contributed by atoms with E-state index in [0.29, 0.717) is 5.65 Å². The normalized spacial score (nSPS) is 11.6. The molecule has 0 aromatic carbocycles. The number of sulfone groups is 1. The van der Waals surface area contributed by atoms with E-state index >= 15 is 0 Å². The fourth-order valence-electron chi connectivity index (χ4n) is 1.52. The van der Waals surface area contributed by atoms with Crippen LogP contribution in [0, 0.1) is 0 Å².